The third-order valence-corrected chi connectivity index (χ3v) is 3.97. The summed E-state index contributed by atoms with van der Waals surface area (Å²) in [6, 6.07) is 12.5. The summed E-state index contributed by atoms with van der Waals surface area (Å²) in [6.45, 7) is 0. The minimum Gasteiger partial charge on any atom is -0.340 e. The van der Waals surface area contributed by atoms with Crippen molar-refractivity contribution in [3.05, 3.63) is 71.8 Å². The van der Waals surface area contributed by atoms with Crippen molar-refractivity contribution in [1.82, 2.24) is 5.32 Å². The number of carbonyl (C=O) groups is 1. The first-order valence-corrected chi connectivity index (χ1v) is 7.84. The third-order valence-electron chi connectivity index (χ3n) is 3.97. The molecule has 0 aliphatic carbocycles. The predicted molar refractivity (Wildman–Crippen MR) is 83.8 cm³/mol. The summed E-state index contributed by atoms with van der Waals surface area (Å²) in [7, 11) is 0. The van der Waals surface area contributed by atoms with Crippen molar-refractivity contribution >= 4 is 5.91 Å². The maximum Gasteiger partial charge on any atom is 0.460 e. The van der Waals surface area contributed by atoms with Crippen molar-refractivity contribution < 1.29 is 44.3 Å². The molecular formula is C18H12F9NO. The van der Waals surface area contributed by atoms with Crippen molar-refractivity contribution in [2.24, 2.45) is 0 Å². The first-order chi connectivity index (χ1) is 13.2. The molecule has 0 spiro atoms. The maximum atomic E-state index is 13.9. The van der Waals surface area contributed by atoms with Crippen LogP contribution in [0.1, 0.15) is 17.2 Å². The summed E-state index contributed by atoms with van der Waals surface area (Å²) in [5.74, 6) is -23.5. The van der Waals surface area contributed by atoms with E-state index in [-0.39, 0.29) is 11.1 Å². The fourth-order valence-corrected chi connectivity index (χ4v) is 2.39. The summed E-state index contributed by atoms with van der Waals surface area (Å²) in [6.07, 6.45) is -7.00. The van der Waals surface area contributed by atoms with Gasteiger partial charge in [0.1, 0.15) is 0 Å². The van der Waals surface area contributed by atoms with Gasteiger partial charge in [-0.05, 0) is 11.1 Å². The van der Waals surface area contributed by atoms with E-state index < -0.39 is 35.9 Å². The standard InChI is InChI=1S/C18H12F9NO/c19-15(20,16(21,22)17(23,24)18(25,26)27)14(29)28-13(11-7-3-1-4-8-11)12-9-5-2-6-10-12/h1-10,13H,(H,28,29). The highest BCUT2D eigenvalue weighted by atomic mass is 19.4. The van der Waals surface area contributed by atoms with E-state index in [0.29, 0.717) is 0 Å². The van der Waals surface area contributed by atoms with Crippen LogP contribution in [0.5, 0.6) is 0 Å². The average Bonchev–Trinajstić information content (AvgIpc) is 2.66. The molecule has 0 fully saturated rings. The minimum absolute atomic E-state index is 0.105. The van der Waals surface area contributed by atoms with Crippen LogP contribution in [-0.2, 0) is 4.79 Å². The summed E-state index contributed by atoms with van der Waals surface area (Å²) < 4.78 is 117. The zero-order valence-corrected chi connectivity index (χ0v) is 14.2. The second kappa shape index (κ2) is 7.60. The number of alkyl halides is 9. The number of nitrogens with one attached hydrogen (secondary N) is 1. The number of hydrogen-bond donors (Lipinski definition) is 1. The topological polar surface area (TPSA) is 29.1 Å². The summed E-state index contributed by atoms with van der Waals surface area (Å²) in [5.41, 5.74) is 0.211. The molecule has 29 heavy (non-hydrogen) atoms. The lowest BCUT2D eigenvalue weighted by Gasteiger charge is -2.33. The lowest BCUT2D eigenvalue weighted by Crippen LogP contribution is -2.65. The molecule has 2 rings (SSSR count). The Morgan fingerprint density at radius 3 is 1.38 bits per heavy atom. The molecule has 1 amide bonds. The molecule has 0 aromatic heterocycles. The molecule has 158 valence electrons. The van der Waals surface area contributed by atoms with Crippen molar-refractivity contribution in [2.75, 3.05) is 0 Å². The van der Waals surface area contributed by atoms with Gasteiger partial charge in [-0.2, -0.15) is 39.5 Å². The van der Waals surface area contributed by atoms with Gasteiger partial charge in [0, 0.05) is 0 Å². The van der Waals surface area contributed by atoms with Crippen LogP contribution in [0.2, 0.25) is 0 Å². The molecule has 0 bridgehead atoms. The molecule has 2 aromatic rings. The first-order valence-electron chi connectivity index (χ1n) is 7.84. The Labute approximate surface area is 158 Å². The van der Waals surface area contributed by atoms with Gasteiger partial charge < -0.3 is 5.32 Å². The lowest BCUT2D eigenvalue weighted by molar-refractivity contribution is -0.388. The van der Waals surface area contributed by atoms with Gasteiger partial charge in [0.2, 0.25) is 0 Å². The molecule has 0 saturated heterocycles. The molecule has 0 saturated carbocycles. The van der Waals surface area contributed by atoms with Crippen LogP contribution in [0.25, 0.3) is 0 Å². The Bertz CT molecular complexity index is 796. The minimum atomic E-state index is -7.14. The number of halogens is 9. The highest BCUT2D eigenvalue weighted by Crippen LogP contribution is 2.53. The highest BCUT2D eigenvalue weighted by Gasteiger charge is 2.83. The van der Waals surface area contributed by atoms with E-state index in [4.69, 9.17) is 0 Å². The molecule has 0 aliphatic heterocycles. The quantitative estimate of drug-likeness (QED) is 0.616. The first kappa shape index (κ1) is 22.6. The zero-order chi connectivity index (χ0) is 22.1. The van der Waals surface area contributed by atoms with Crippen LogP contribution in [0.4, 0.5) is 39.5 Å². The van der Waals surface area contributed by atoms with Gasteiger partial charge >= 0.3 is 23.9 Å². The van der Waals surface area contributed by atoms with Gasteiger partial charge in [-0.3, -0.25) is 4.79 Å². The lowest BCUT2D eigenvalue weighted by atomic mass is 9.97. The van der Waals surface area contributed by atoms with Gasteiger partial charge in [-0.15, -0.1) is 0 Å². The van der Waals surface area contributed by atoms with Crippen LogP contribution in [0.15, 0.2) is 60.7 Å². The van der Waals surface area contributed by atoms with E-state index in [0.717, 1.165) is 0 Å². The van der Waals surface area contributed by atoms with E-state index >= 15 is 0 Å². The molecule has 2 nitrogen and oxygen atoms in total. The van der Waals surface area contributed by atoms with E-state index in [1.807, 2.05) is 0 Å². The van der Waals surface area contributed by atoms with Crippen molar-refractivity contribution in [3.63, 3.8) is 0 Å². The van der Waals surface area contributed by atoms with Gasteiger partial charge in [0.15, 0.2) is 0 Å². The molecule has 2 aromatic carbocycles. The SMILES string of the molecule is O=C(NC(c1ccccc1)c1ccccc1)C(F)(F)C(F)(F)C(F)(F)C(F)(F)F. The predicted octanol–water partition coefficient (Wildman–Crippen LogP) is 5.36. The molecule has 0 heterocycles. The van der Waals surface area contributed by atoms with Crippen molar-refractivity contribution in [3.8, 4) is 0 Å². The maximum absolute atomic E-state index is 13.9. The Hall–Kier alpha value is -2.72. The molecule has 1 N–H and O–H groups in total. The Morgan fingerprint density at radius 1 is 0.655 bits per heavy atom. The fourth-order valence-electron chi connectivity index (χ4n) is 2.39. The largest absolute Gasteiger partial charge is 0.460 e. The van der Waals surface area contributed by atoms with Gasteiger partial charge in [0.25, 0.3) is 5.91 Å². The molecule has 0 unspecified atom stereocenters. The summed E-state index contributed by atoms with van der Waals surface area (Å²) >= 11 is 0. The number of hydrogen-bond acceptors (Lipinski definition) is 1. The Kier molecular flexibility index (Phi) is 5.91. The molecule has 11 heteroatoms. The van der Waals surface area contributed by atoms with E-state index in [2.05, 4.69) is 0 Å². The Morgan fingerprint density at radius 2 is 1.03 bits per heavy atom. The second-order valence-corrected chi connectivity index (χ2v) is 5.95. The van der Waals surface area contributed by atoms with Crippen LogP contribution >= 0.6 is 0 Å². The van der Waals surface area contributed by atoms with E-state index in [9.17, 15) is 44.3 Å². The fraction of sp³-hybridized carbons (Fsp3) is 0.278. The molecule has 0 aliphatic rings. The molecular weight excluding hydrogens is 417 g/mol. The molecule has 0 atom stereocenters. The van der Waals surface area contributed by atoms with Crippen LogP contribution in [0, 0.1) is 0 Å². The van der Waals surface area contributed by atoms with Crippen LogP contribution < -0.4 is 5.32 Å². The second-order valence-electron chi connectivity index (χ2n) is 5.95. The number of benzene rings is 2. The summed E-state index contributed by atoms with van der Waals surface area (Å²) in [5, 5.41) is 1.45. The number of amides is 1. The van der Waals surface area contributed by atoms with Crippen molar-refractivity contribution in [1.29, 1.82) is 0 Å². The number of carbonyl (C=O) groups excluding carboxylic acids is 1. The smallest absolute Gasteiger partial charge is 0.340 e. The highest BCUT2D eigenvalue weighted by molar-refractivity contribution is 5.85. The third kappa shape index (κ3) is 4.03. The van der Waals surface area contributed by atoms with Crippen molar-refractivity contribution in [2.45, 2.75) is 30.0 Å². The zero-order valence-electron chi connectivity index (χ0n) is 14.2. The monoisotopic (exact) mass is 429 g/mol. The Balaban J connectivity index is 2.43. The van der Waals surface area contributed by atoms with E-state index in [1.54, 1.807) is 0 Å². The van der Waals surface area contributed by atoms with E-state index in [1.165, 1.54) is 66.0 Å². The molecule has 0 radical (unpaired) electrons. The van der Waals surface area contributed by atoms with Gasteiger partial charge in [-0.25, -0.2) is 0 Å². The normalized spacial score (nSPS) is 13.4. The number of rotatable bonds is 6. The van der Waals surface area contributed by atoms with Crippen LogP contribution in [0.3, 0.4) is 0 Å². The van der Waals surface area contributed by atoms with Gasteiger partial charge in [0.05, 0.1) is 6.04 Å². The van der Waals surface area contributed by atoms with Gasteiger partial charge in [-0.1, -0.05) is 60.7 Å². The average molecular weight is 429 g/mol. The van der Waals surface area contributed by atoms with Crippen LogP contribution in [-0.4, -0.2) is 29.9 Å². The summed E-state index contributed by atoms with van der Waals surface area (Å²) in [4.78, 5) is 11.8.